The molecule has 0 fully saturated rings. The Bertz CT molecular complexity index is 897. The third-order valence-corrected chi connectivity index (χ3v) is 4.23. The molecule has 0 spiro atoms. The summed E-state index contributed by atoms with van der Waals surface area (Å²) in [4.78, 5) is 4.61. The van der Waals surface area contributed by atoms with Gasteiger partial charge in [0.15, 0.2) is 6.61 Å². The smallest absolute Gasteiger partial charge is 0.422 e. The number of alkyl halides is 3. The van der Waals surface area contributed by atoms with Crippen LogP contribution >= 0.6 is 11.6 Å². The van der Waals surface area contributed by atoms with Crippen LogP contribution in [0.5, 0.6) is 5.75 Å². The molecule has 9 heteroatoms. The quantitative estimate of drug-likeness (QED) is 0.641. The third-order valence-electron chi connectivity index (χ3n) is 3.84. The van der Waals surface area contributed by atoms with Crippen LogP contribution in [0.1, 0.15) is 25.6 Å². The lowest BCUT2D eigenvalue weighted by Crippen LogP contribution is -2.19. The topological polar surface area (TPSA) is 52.8 Å². The van der Waals surface area contributed by atoms with Gasteiger partial charge in [-0.05, 0) is 30.2 Å². The van der Waals surface area contributed by atoms with Crippen LogP contribution in [0.15, 0.2) is 36.7 Å². The van der Waals surface area contributed by atoms with E-state index in [1.807, 2.05) is 13.8 Å². The Labute approximate surface area is 152 Å². The van der Waals surface area contributed by atoms with Gasteiger partial charge in [0, 0.05) is 11.6 Å². The van der Waals surface area contributed by atoms with Crippen LogP contribution in [0, 0.1) is 5.92 Å². The SMILES string of the molecule is CC(C)C(c1ccc2c(Cl)c(OCC(F)(F)F)ccc2n1)n1ccnn1. The molecule has 1 unspecified atom stereocenters. The number of nitrogens with zero attached hydrogens (tertiary/aromatic N) is 4. The van der Waals surface area contributed by atoms with Crippen LogP contribution < -0.4 is 4.74 Å². The monoisotopic (exact) mass is 384 g/mol. The average molecular weight is 385 g/mol. The Balaban J connectivity index is 1.97. The third kappa shape index (κ3) is 3.90. The summed E-state index contributed by atoms with van der Waals surface area (Å²) in [6.45, 7) is 2.68. The first-order valence-electron chi connectivity index (χ1n) is 7.91. The Morgan fingerprint density at radius 2 is 1.96 bits per heavy atom. The molecule has 0 bridgehead atoms. The van der Waals surface area contributed by atoms with Gasteiger partial charge >= 0.3 is 6.18 Å². The number of rotatable bonds is 5. The van der Waals surface area contributed by atoms with E-state index in [1.54, 1.807) is 35.3 Å². The fourth-order valence-electron chi connectivity index (χ4n) is 2.75. The Kier molecular flexibility index (Phi) is 5.04. The maximum atomic E-state index is 12.3. The van der Waals surface area contributed by atoms with Crippen LogP contribution in [0.25, 0.3) is 10.9 Å². The number of pyridine rings is 1. The number of benzene rings is 1. The number of fused-ring (bicyclic) bond motifs is 1. The zero-order valence-corrected chi connectivity index (χ0v) is 14.8. The first-order chi connectivity index (χ1) is 12.3. The van der Waals surface area contributed by atoms with Crippen molar-refractivity contribution in [2.45, 2.75) is 26.1 Å². The van der Waals surface area contributed by atoms with Crippen molar-refractivity contribution in [2.75, 3.05) is 6.61 Å². The van der Waals surface area contributed by atoms with Crippen molar-refractivity contribution in [3.8, 4) is 5.75 Å². The lowest BCUT2D eigenvalue weighted by molar-refractivity contribution is -0.153. The van der Waals surface area contributed by atoms with Crippen LogP contribution in [-0.2, 0) is 0 Å². The molecule has 0 amide bonds. The summed E-state index contributed by atoms with van der Waals surface area (Å²) >= 11 is 6.20. The first-order valence-corrected chi connectivity index (χ1v) is 8.28. The maximum Gasteiger partial charge on any atom is 0.422 e. The highest BCUT2D eigenvalue weighted by molar-refractivity contribution is 6.36. The normalized spacial score (nSPS) is 13.3. The molecular weight excluding hydrogens is 369 g/mol. The maximum absolute atomic E-state index is 12.3. The van der Waals surface area contributed by atoms with Gasteiger partial charge in [0.1, 0.15) is 5.75 Å². The van der Waals surface area contributed by atoms with Gasteiger partial charge in [0.25, 0.3) is 0 Å². The average Bonchev–Trinajstić information content (AvgIpc) is 3.07. The summed E-state index contributed by atoms with van der Waals surface area (Å²) in [5, 5.41) is 8.51. The predicted molar refractivity (Wildman–Crippen MR) is 91.3 cm³/mol. The van der Waals surface area contributed by atoms with Crippen LogP contribution in [0.4, 0.5) is 13.2 Å². The van der Waals surface area contributed by atoms with Crippen LogP contribution in [-0.4, -0.2) is 32.8 Å². The van der Waals surface area contributed by atoms with Crippen molar-refractivity contribution in [1.82, 2.24) is 20.0 Å². The van der Waals surface area contributed by atoms with E-state index in [0.29, 0.717) is 10.9 Å². The molecule has 0 saturated carbocycles. The molecule has 0 N–H and O–H groups in total. The molecule has 0 saturated heterocycles. The first kappa shape index (κ1) is 18.4. The highest BCUT2D eigenvalue weighted by Crippen LogP contribution is 2.34. The zero-order valence-electron chi connectivity index (χ0n) is 14.0. The van der Waals surface area contributed by atoms with Gasteiger partial charge in [-0.25, -0.2) is 4.68 Å². The molecule has 2 heterocycles. The van der Waals surface area contributed by atoms with E-state index in [1.165, 1.54) is 6.07 Å². The number of halogens is 4. The van der Waals surface area contributed by atoms with Crippen molar-refractivity contribution in [3.05, 3.63) is 47.4 Å². The van der Waals surface area contributed by atoms with Crippen LogP contribution in [0.3, 0.4) is 0 Å². The molecule has 3 aromatic rings. The molecule has 0 aliphatic rings. The van der Waals surface area contributed by atoms with Gasteiger partial charge in [0.2, 0.25) is 0 Å². The minimum Gasteiger partial charge on any atom is -0.483 e. The summed E-state index contributed by atoms with van der Waals surface area (Å²) in [5.41, 5.74) is 1.33. The number of hydrogen-bond donors (Lipinski definition) is 0. The van der Waals surface area contributed by atoms with E-state index < -0.39 is 12.8 Å². The molecule has 1 atom stereocenters. The minimum atomic E-state index is -4.43. The number of aromatic nitrogens is 4. The van der Waals surface area contributed by atoms with E-state index in [0.717, 1.165) is 5.69 Å². The second-order valence-corrected chi connectivity index (χ2v) is 6.53. The van der Waals surface area contributed by atoms with E-state index in [9.17, 15) is 13.2 Å². The summed E-state index contributed by atoms with van der Waals surface area (Å²) in [6, 6.07) is 6.38. The second-order valence-electron chi connectivity index (χ2n) is 6.16. The molecule has 0 aliphatic heterocycles. The molecule has 0 radical (unpaired) electrons. The summed E-state index contributed by atoms with van der Waals surface area (Å²) in [6.07, 6.45) is -1.07. The molecule has 1 aromatic carbocycles. The van der Waals surface area contributed by atoms with Crippen molar-refractivity contribution < 1.29 is 17.9 Å². The fraction of sp³-hybridized carbons (Fsp3) is 0.353. The van der Waals surface area contributed by atoms with Gasteiger partial charge in [-0.3, -0.25) is 4.98 Å². The number of ether oxygens (including phenoxy) is 1. The van der Waals surface area contributed by atoms with Gasteiger partial charge in [-0.1, -0.05) is 30.7 Å². The Morgan fingerprint density at radius 3 is 2.58 bits per heavy atom. The Hall–Kier alpha value is -2.35. The van der Waals surface area contributed by atoms with Gasteiger partial charge in [-0.15, -0.1) is 5.10 Å². The van der Waals surface area contributed by atoms with Crippen LogP contribution in [0.2, 0.25) is 5.02 Å². The molecule has 5 nitrogen and oxygen atoms in total. The molecule has 26 heavy (non-hydrogen) atoms. The van der Waals surface area contributed by atoms with Crippen molar-refractivity contribution in [1.29, 1.82) is 0 Å². The summed E-state index contributed by atoms with van der Waals surface area (Å²) in [5.74, 6) is 0.175. The van der Waals surface area contributed by atoms with Crippen molar-refractivity contribution >= 4 is 22.5 Å². The number of hydrogen-bond acceptors (Lipinski definition) is 4. The van der Waals surface area contributed by atoms with E-state index in [4.69, 9.17) is 16.3 Å². The minimum absolute atomic E-state index is 0.0253. The summed E-state index contributed by atoms with van der Waals surface area (Å²) < 4.78 is 43.5. The van der Waals surface area contributed by atoms with Gasteiger partial charge in [-0.2, -0.15) is 13.2 Å². The van der Waals surface area contributed by atoms with E-state index in [2.05, 4.69) is 15.3 Å². The molecular formula is C17H16ClF3N4O. The fourth-order valence-corrected chi connectivity index (χ4v) is 3.03. The highest BCUT2D eigenvalue weighted by Gasteiger charge is 2.29. The lowest BCUT2D eigenvalue weighted by Gasteiger charge is -2.21. The molecule has 0 aliphatic carbocycles. The zero-order chi connectivity index (χ0) is 18.9. The van der Waals surface area contributed by atoms with Gasteiger partial charge < -0.3 is 4.74 Å². The van der Waals surface area contributed by atoms with Crippen molar-refractivity contribution in [2.24, 2.45) is 5.92 Å². The van der Waals surface area contributed by atoms with E-state index >= 15 is 0 Å². The lowest BCUT2D eigenvalue weighted by atomic mass is 10.00. The largest absolute Gasteiger partial charge is 0.483 e. The predicted octanol–water partition coefficient (Wildman–Crippen LogP) is 4.67. The molecule has 2 aromatic heterocycles. The Morgan fingerprint density at radius 1 is 1.19 bits per heavy atom. The highest BCUT2D eigenvalue weighted by atomic mass is 35.5. The van der Waals surface area contributed by atoms with E-state index in [-0.39, 0.29) is 22.7 Å². The van der Waals surface area contributed by atoms with Gasteiger partial charge in [0.05, 0.1) is 28.5 Å². The molecule has 3 rings (SSSR count). The standard InChI is InChI=1S/C17H16ClF3N4O/c1-10(2)16(25-8-7-22-24-25)13-4-3-11-12(23-13)5-6-14(15(11)18)26-9-17(19,20)21/h3-8,10,16H,9H2,1-2H3. The van der Waals surface area contributed by atoms with Crippen molar-refractivity contribution in [3.63, 3.8) is 0 Å². The molecule has 138 valence electrons. The summed E-state index contributed by atoms with van der Waals surface area (Å²) in [7, 11) is 0. The second kappa shape index (κ2) is 7.11.